The summed E-state index contributed by atoms with van der Waals surface area (Å²) in [6, 6.07) is 5.84. The largest absolute Gasteiger partial charge is 0.435 e. The molecule has 1 aliphatic heterocycles. The number of carbonyl (C=O) groups is 1. The summed E-state index contributed by atoms with van der Waals surface area (Å²) >= 11 is 0. The molecule has 2 amide bonds. The van der Waals surface area contributed by atoms with Crippen molar-refractivity contribution in [1.82, 2.24) is 19.5 Å². The number of hydrogen-bond acceptors (Lipinski definition) is 4. The number of aromatic nitrogens is 3. The summed E-state index contributed by atoms with van der Waals surface area (Å²) in [5, 5.41) is 6.15. The highest BCUT2D eigenvalue weighted by Gasteiger charge is 2.38. The number of likely N-dealkylation sites (tertiary alicyclic amines) is 1. The maximum Gasteiger partial charge on any atom is 0.435 e. The molecule has 188 valence electrons. The highest BCUT2D eigenvalue weighted by Crippen LogP contribution is 2.35. The van der Waals surface area contributed by atoms with Crippen molar-refractivity contribution in [3.63, 3.8) is 0 Å². The lowest BCUT2D eigenvalue weighted by Crippen LogP contribution is -2.34. The van der Waals surface area contributed by atoms with Crippen LogP contribution in [0.2, 0.25) is 0 Å². The molecule has 2 aromatic heterocycles. The van der Waals surface area contributed by atoms with E-state index in [0.717, 1.165) is 0 Å². The summed E-state index contributed by atoms with van der Waals surface area (Å²) in [5.74, 6) is -1.47. The molecule has 1 aliphatic rings. The lowest BCUT2D eigenvalue weighted by Gasteiger charge is -2.25. The number of amides is 2. The van der Waals surface area contributed by atoms with Crippen molar-refractivity contribution in [2.75, 3.05) is 25.0 Å². The minimum atomic E-state index is -4.91. The molecule has 1 saturated heterocycles. The maximum atomic E-state index is 13.5. The predicted octanol–water partition coefficient (Wildman–Crippen LogP) is 4.50. The Morgan fingerprint density at radius 1 is 1.09 bits per heavy atom. The number of rotatable bonds is 5. The summed E-state index contributed by atoms with van der Waals surface area (Å²) in [5.41, 5.74) is 2.57. The lowest BCUT2D eigenvalue weighted by atomic mass is 9.85. The molecule has 14 heteroatoms. The molecule has 3 heterocycles. The zero-order chi connectivity index (χ0) is 25.5. The number of alkyl halides is 6. The van der Waals surface area contributed by atoms with Gasteiger partial charge in [0.25, 0.3) is 0 Å². The first kappa shape index (κ1) is 24.5. The second kappa shape index (κ2) is 8.89. The molecule has 2 atom stereocenters. The molecule has 0 spiro atoms. The number of carbonyl (C=O) groups excluding carboxylic acids is 1. The number of anilines is 1. The van der Waals surface area contributed by atoms with Crippen LogP contribution in [-0.2, 0) is 12.4 Å². The molecule has 35 heavy (non-hydrogen) atoms. The number of benzene rings is 1. The van der Waals surface area contributed by atoms with Crippen molar-refractivity contribution in [3.05, 3.63) is 59.2 Å². The number of urea groups is 1. The Bertz CT molecular complexity index is 1220. The van der Waals surface area contributed by atoms with Gasteiger partial charge < -0.3 is 16.0 Å². The van der Waals surface area contributed by atoms with Crippen molar-refractivity contribution in [2.45, 2.75) is 24.7 Å². The number of primary amides is 1. The van der Waals surface area contributed by atoms with Crippen LogP contribution in [0.15, 0.2) is 36.4 Å². The molecule has 0 radical (unpaired) electrons. The van der Waals surface area contributed by atoms with Gasteiger partial charge in [0.1, 0.15) is 11.6 Å². The zero-order valence-electron chi connectivity index (χ0n) is 17.9. The number of halogens is 7. The van der Waals surface area contributed by atoms with Crippen LogP contribution in [-0.4, -0.2) is 45.2 Å². The summed E-state index contributed by atoms with van der Waals surface area (Å²) in [6.07, 6.45) is -9.28. The molecular formula is C21H19F7N6O. The van der Waals surface area contributed by atoms with E-state index in [1.165, 1.54) is 29.2 Å². The lowest BCUT2D eigenvalue weighted by molar-refractivity contribution is -0.142. The number of nitrogens with zero attached hydrogens (tertiary/aromatic N) is 4. The Labute approximate surface area is 193 Å². The monoisotopic (exact) mass is 504 g/mol. The first-order valence-corrected chi connectivity index (χ1v) is 10.4. The minimum absolute atomic E-state index is 0.0411. The van der Waals surface area contributed by atoms with E-state index >= 15 is 0 Å². The van der Waals surface area contributed by atoms with E-state index in [1.54, 1.807) is 0 Å². The van der Waals surface area contributed by atoms with Crippen LogP contribution in [0.3, 0.4) is 0 Å². The fourth-order valence-corrected chi connectivity index (χ4v) is 4.18. The summed E-state index contributed by atoms with van der Waals surface area (Å²) in [6.45, 7) is 0.586. The smallest absolute Gasteiger partial charge is 0.369 e. The standard InChI is InChI=1S/C21H19F7N6O/c22-13-3-1-11(2-4-13)14(12-5-6-33(10-12)19(29)35)9-30-17-7-15(20(23,24)25)31-18-8-16(21(26,27)28)32-34(17)18/h1-4,7-8,12,14,30H,5-6,9-10H2,(H2,29,35)/t12-,14+/m1/s1. The van der Waals surface area contributed by atoms with Gasteiger partial charge >= 0.3 is 18.4 Å². The van der Waals surface area contributed by atoms with Gasteiger partial charge in [0.15, 0.2) is 17.0 Å². The fraction of sp³-hybridized carbons (Fsp3) is 0.381. The SMILES string of the molecule is NC(=O)N1CC[C@@H]([C@@H](CNc2cc(C(F)(F)F)nc3cc(C(F)(F)F)nn23)c2ccc(F)cc2)C1. The van der Waals surface area contributed by atoms with Gasteiger partial charge in [-0.2, -0.15) is 36.0 Å². The average Bonchev–Trinajstić information content (AvgIpc) is 3.42. The summed E-state index contributed by atoms with van der Waals surface area (Å²) in [4.78, 5) is 16.2. The van der Waals surface area contributed by atoms with E-state index in [4.69, 9.17) is 5.73 Å². The molecule has 3 aromatic rings. The quantitative estimate of drug-likeness (QED) is 0.501. The van der Waals surface area contributed by atoms with Crippen molar-refractivity contribution >= 4 is 17.5 Å². The van der Waals surface area contributed by atoms with Crippen molar-refractivity contribution in [1.29, 1.82) is 0 Å². The molecule has 0 saturated carbocycles. The van der Waals surface area contributed by atoms with E-state index < -0.39 is 47.2 Å². The highest BCUT2D eigenvalue weighted by molar-refractivity contribution is 5.72. The maximum absolute atomic E-state index is 13.5. The molecule has 0 unspecified atom stereocenters. The van der Waals surface area contributed by atoms with Crippen LogP contribution in [0.25, 0.3) is 5.65 Å². The first-order chi connectivity index (χ1) is 16.3. The van der Waals surface area contributed by atoms with E-state index in [-0.39, 0.29) is 24.8 Å². The van der Waals surface area contributed by atoms with Crippen LogP contribution in [0.5, 0.6) is 0 Å². The van der Waals surface area contributed by atoms with E-state index in [2.05, 4.69) is 15.4 Å². The Kier molecular flexibility index (Phi) is 6.23. The first-order valence-electron chi connectivity index (χ1n) is 10.4. The van der Waals surface area contributed by atoms with Gasteiger partial charge in [0.2, 0.25) is 0 Å². The van der Waals surface area contributed by atoms with E-state index in [9.17, 15) is 35.5 Å². The third kappa shape index (κ3) is 5.25. The molecule has 1 aromatic carbocycles. The Morgan fingerprint density at radius 3 is 2.31 bits per heavy atom. The fourth-order valence-electron chi connectivity index (χ4n) is 4.18. The average molecular weight is 504 g/mol. The third-order valence-electron chi connectivity index (χ3n) is 5.91. The van der Waals surface area contributed by atoms with Crippen molar-refractivity contribution in [2.24, 2.45) is 11.7 Å². The second-order valence-electron chi connectivity index (χ2n) is 8.19. The zero-order valence-corrected chi connectivity index (χ0v) is 17.9. The van der Waals surface area contributed by atoms with Gasteiger partial charge in [-0.1, -0.05) is 12.1 Å². The van der Waals surface area contributed by atoms with Crippen LogP contribution in [0, 0.1) is 11.7 Å². The number of nitrogens with one attached hydrogen (secondary N) is 1. The Morgan fingerprint density at radius 2 is 1.74 bits per heavy atom. The number of nitrogens with two attached hydrogens (primary N) is 1. The molecule has 1 fully saturated rings. The molecule has 7 nitrogen and oxygen atoms in total. The van der Waals surface area contributed by atoms with Crippen LogP contribution in [0.1, 0.15) is 29.3 Å². The topological polar surface area (TPSA) is 88.5 Å². The summed E-state index contributed by atoms with van der Waals surface area (Å²) < 4.78 is 93.7. The van der Waals surface area contributed by atoms with Crippen LogP contribution in [0.4, 0.5) is 41.3 Å². The predicted molar refractivity (Wildman–Crippen MR) is 110 cm³/mol. The van der Waals surface area contributed by atoms with Gasteiger partial charge in [-0.25, -0.2) is 14.2 Å². The molecule has 3 N–H and O–H groups in total. The summed E-state index contributed by atoms with van der Waals surface area (Å²) in [7, 11) is 0. The van der Waals surface area contributed by atoms with Gasteiger partial charge in [-0.05, 0) is 30.0 Å². The molecule has 0 aliphatic carbocycles. The van der Waals surface area contributed by atoms with Crippen molar-refractivity contribution < 1.29 is 35.5 Å². The Balaban J connectivity index is 1.70. The van der Waals surface area contributed by atoms with Gasteiger partial charge in [-0.15, -0.1) is 0 Å². The van der Waals surface area contributed by atoms with Crippen LogP contribution >= 0.6 is 0 Å². The highest BCUT2D eigenvalue weighted by atomic mass is 19.4. The van der Waals surface area contributed by atoms with Gasteiger partial charge in [0.05, 0.1) is 0 Å². The molecule has 4 rings (SSSR count). The van der Waals surface area contributed by atoms with Gasteiger partial charge in [0, 0.05) is 37.7 Å². The number of hydrogen-bond donors (Lipinski definition) is 2. The molecular weight excluding hydrogens is 485 g/mol. The minimum Gasteiger partial charge on any atom is -0.369 e. The van der Waals surface area contributed by atoms with E-state index in [1.807, 2.05) is 0 Å². The number of fused-ring (bicyclic) bond motifs is 1. The van der Waals surface area contributed by atoms with E-state index in [0.29, 0.717) is 35.2 Å². The Hall–Kier alpha value is -3.58. The van der Waals surface area contributed by atoms with Crippen molar-refractivity contribution in [3.8, 4) is 0 Å². The molecule has 0 bridgehead atoms. The second-order valence-corrected chi connectivity index (χ2v) is 8.19. The third-order valence-corrected chi connectivity index (χ3v) is 5.91. The van der Waals surface area contributed by atoms with Gasteiger partial charge in [-0.3, -0.25) is 0 Å². The van der Waals surface area contributed by atoms with Crippen LogP contribution < -0.4 is 11.1 Å². The normalized spacial score (nSPS) is 17.7.